The zero-order valence-corrected chi connectivity index (χ0v) is 29.9. The molecule has 4 atom stereocenters. The molecule has 0 fully saturated rings. The van der Waals surface area contributed by atoms with Gasteiger partial charge in [-0.25, -0.2) is 0 Å². The van der Waals surface area contributed by atoms with Crippen LogP contribution in [0.5, 0.6) is 17.2 Å². The summed E-state index contributed by atoms with van der Waals surface area (Å²) < 4.78 is 26.0. The summed E-state index contributed by atoms with van der Waals surface area (Å²) >= 11 is 0. The zero-order chi connectivity index (χ0) is 34.3. The molecule has 0 bridgehead atoms. The number of hydrogen-bond acceptors (Lipinski definition) is 6. The highest BCUT2D eigenvalue weighted by molar-refractivity contribution is 5.77. The zero-order valence-electron chi connectivity index (χ0n) is 29.9. The molecule has 0 aliphatic carbocycles. The maximum Gasteiger partial charge on any atom is 0.257 e. The first-order valence-corrected chi connectivity index (χ1v) is 16.6. The molecule has 3 aromatic rings. The van der Waals surface area contributed by atoms with Crippen LogP contribution in [0.2, 0.25) is 0 Å². The Kier molecular flexibility index (Phi) is 20.9. The first-order valence-electron chi connectivity index (χ1n) is 16.6. The number of likely N-dealkylation sites (N-methyl/N-ethyl adjacent to an activating group) is 1. The minimum Gasteiger partial charge on any atom is -0.484 e. The summed E-state index contributed by atoms with van der Waals surface area (Å²) in [6.07, 6.45) is 3.26. The van der Waals surface area contributed by atoms with E-state index >= 15 is 0 Å². The number of ether oxygens (including phenoxy) is 5. The second kappa shape index (κ2) is 23.7. The Balaban J connectivity index is 0.000000347. The van der Waals surface area contributed by atoms with Gasteiger partial charge in [-0.05, 0) is 104 Å². The lowest BCUT2D eigenvalue weighted by atomic mass is 9.99. The van der Waals surface area contributed by atoms with Crippen molar-refractivity contribution in [2.24, 2.45) is 0 Å². The third kappa shape index (κ3) is 16.1. The van der Waals surface area contributed by atoms with E-state index in [0.717, 1.165) is 36.5 Å². The van der Waals surface area contributed by atoms with Crippen molar-refractivity contribution in [3.05, 3.63) is 89.5 Å². The maximum atomic E-state index is 11.2. The molecule has 0 heterocycles. The van der Waals surface area contributed by atoms with Crippen LogP contribution in [-0.2, 0) is 14.3 Å². The normalized spacial score (nSPS) is 13.0. The number of methoxy groups -OCH3 is 2. The molecule has 0 aromatic heterocycles. The maximum absolute atomic E-state index is 11.2. The van der Waals surface area contributed by atoms with Gasteiger partial charge in [-0.1, -0.05) is 77.9 Å². The molecule has 1 amide bonds. The Labute approximate surface area is 279 Å². The molecule has 0 aliphatic heterocycles. The number of benzene rings is 3. The van der Waals surface area contributed by atoms with Crippen molar-refractivity contribution >= 4 is 5.91 Å². The molecule has 0 saturated heterocycles. The predicted octanol–water partition coefficient (Wildman–Crippen LogP) is 9.47. The van der Waals surface area contributed by atoms with Gasteiger partial charge in [-0.15, -0.1) is 0 Å². The van der Waals surface area contributed by atoms with E-state index in [4.69, 9.17) is 23.7 Å². The third-order valence-electron chi connectivity index (χ3n) is 7.91. The fourth-order valence-electron chi connectivity index (χ4n) is 4.13. The highest BCUT2D eigenvalue weighted by Gasteiger charge is 2.06. The fourth-order valence-corrected chi connectivity index (χ4v) is 4.13. The first-order chi connectivity index (χ1) is 22.1. The number of amides is 1. The van der Waals surface area contributed by atoms with Crippen LogP contribution in [0.3, 0.4) is 0 Å². The molecule has 7 heteroatoms. The summed E-state index contributed by atoms with van der Waals surface area (Å²) in [5.74, 6) is 4.16. The fraction of sp³-hybridized carbons (Fsp3) is 0.513. The standard InChI is InChI=1S/C14H21NO2.C13H20O2.C12H18O2/c1-4-11(3)12-6-8-13(9-7-12)17-10-14(16)15-5-2;1-5-10(2)12-6-8-13(9-7-12)15-11(3)14-4;1-4-10(2)11-5-7-12(8-6-11)14-9-13-3/h6-9,11H,4-5,10H2,1-3H3,(H,15,16);6-11H,5H2,1-4H3;5-8,10H,4,9H2,1-3H3. The molecule has 7 nitrogen and oxygen atoms in total. The van der Waals surface area contributed by atoms with Crippen LogP contribution in [0.15, 0.2) is 72.8 Å². The van der Waals surface area contributed by atoms with Gasteiger partial charge in [0.15, 0.2) is 19.7 Å². The number of nitrogens with one attached hydrogen (secondary N) is 1. The van der Waals surface area contributed by atoms with Crippen molar-refractivity contribution in [2.45, 2.75) is 98.7 Å². The summed E-state index contributed by atoms with van der Waals surface area (Å²) in [6.45, 7) is 18.0. The summed E-state index contributed by atoms with van der Waals surface area (Å²) in [5.41, 5.74) is 4.02. The van der Waals surface area contributed by atoms with Crippen LogP contribution < -0.4 is 19.5 Å². The Morgan fingerprint density at radius 3 is 1.35 bits per heavy atom. The molecule has 0 aliphatic rings. The minimum atomic E-state index is -0.195. The Morgan fingerprint density at radius 2 is 1.00 bits per heavy atom. The Bertz CT molecular complexity index is 1180. The Morgan fingerprint density at radius 1 is 0.609 bits per heavy atom. The quantitative estimate of drug-likeness (QED) is 0.158. The SMILES string of the molecule is CCC(C)c1ccc(OC(C)OC)cc1.CCC(C)c1ccc(OCOC)cc1.CCNC(=O)COc1ccc(C(C)CC)cc1. The lowest BCUT2D eigenvalue weighted by Gasteiger charge is -2.14. The second-order valence-corrected chi connectivity index (χ2v) is 11.3. The molecule has 46 heavy (non-hydrogen) atoms. The van der Waals surface area contributed by atoms with Gasteiger partial charge in [-0.2, -0.15) is 0 Å². The van der Waals surface area contributed by atoms with Gasteiger partial charge in [-0.3, -0.25) is 4.79 Å². The van der Waals surface area contributed by atoms with Crippen LogP contribution >= 0.6 is 0 Å². The molecule has 0 spiro atoms. The predicted molar refractivity (Wildman–Crippen MR) is 189 cm³/mol. The van der Waals surface area contributed by atoms with Gasteiger partial charge in [0.05, 0.1) is 0 Å². The van der Waals surface area contributed by atoms with E-state index in [1.165, 1.54) is 16.7 Å². The van der Waals surface area contributed by atoms with Gasteiger partial charge in [0, 0.05) is 20.8 Å². The lowest BCUT2D eigenvalue weighted by molar-refractivity contribution is -0.122. The van der Waals surface area contributed by atoms with Gasteiger partial charge in [0.1, 0.15) is 17.2 Å². The number of hydrogen-bond donors (Lipinski definition) is 1. The van der Waals surface area contributed by atoms with Crippen LogP contribution in [0, 0.1) is 0 Å². The summed E-state index contributed by atoms with van der Waals surface area (Å²) in [4.78, 5) is 11.2. The molecule has 4 unspecified atom stereocenters. The molecule has 0 saturated carbocycles. The highest BCUT2D eigenvalue weighted by atomic mass is 16.7. The largest absolute Gasteiger partial charge is 0.484 e. The molecule has 1 N–H and O–H groups in total. The average Bonchev–Trinajstić information content (AvgIpc) is 3.10. The summed E-state index contributed by atoms with van der Waals surface area (Å²) in [5, 5.41) is 2.69. The molecular formula is C39H59NO6. The van der Waals surface area contributed by atoms with Gasteiger partial charge < -0.3 is 29.0 Å². The molecule has 3 aromatic carbocycles. The highest BCUT2D eigenvalue weighted by Crippen LogP contribution is 2.23. The second-order valence-electron chi connectivity index (χ2n) is 11.3. The van der Waals surface area contributed by atoms with Crippen molar-refractivity contribution < 1.29 is 28.5 Å². The van der Waals surface area contributed by atoms with Crippen LogP contribution in [0.4, 0.5) is 0 Å². The molecule has 256 valence electrons. The smallest absolute Gasteiger partial charge is 0.257 e. The van der Waals surface area contributed by atoms with Gasteiger partial charge >= 0.3 is 0 Å². The van der Waals surface area contributed by atoms with E-state index in [2.05, 4.69) is 83.3 Å². The van der Waals surface area contributed by atoms with Crippen molar-refractivity contribution in [2.75, 3.05) is 34.2 Å². The topological polar surface area (TPSA) is 75.3 Å². The van der Waals surface area contributed by atoms with E-state index in [1.807, 2.05) is 50.2 Å². The number of carbonyl (C=O) groups is 1. The van der Waals surface area contributed by atoms with E-state index in [1.54, 1.807) is 14.2 Å². The van der Waals surface area contributed by atoms with Crippen LogP contribution in [0.25, 0.3) is 0 Å². The van der Waals surface area contributed by atoms with Crippen LogP contribution in [-0.4, -0.2) is 46.4 Å². The number of carbonyl (C=O) groups excluding carboxylic acids is 1. The van der Waals surface area contributed by atoms with Crippen molar-refractivity contribution in [3.8, 4) is 17.2 Å². The summed E-state index contributed by atoms with van der Waals surface area (Å²) in [7, 11) is 3.26. The van der Waals surface area contributed by atoms with Crippen molar-refractivity contribution in [1.82, 2.24) is 5.32 Å². The molecular weight excluding hydrogens is 578 g/mol. The lowest BCUT2D eigenvalue weighted by Crippen LogP contribution is -2.28. The summed E-state index contributed by atoms with van der Waals surface area (Å²) in [6, 6.07) is 24.4. The molecule has 3 rings (SSSR count). The third-order valence-corrected chi connectivity index (χ3v) is 7.91. The van der Waals surface area contributed by atoms with E-state index < -0.39 is 0 Å². The van der Waals surface area contributed by atoms with E-state index in [9.17, 15) is 4.79 Å². The minimum absolute atomic E-state index is 0.0799. The first kappa shape index (κ1) is 40.5. The van der Waals surface area contributed by atoms with Gasteiger partial charge in [0.25, 0.3) is 5.91 Å². The molecule has 0 radical (unpaired) electrons. The van der Waals surface area contributed by atoms with Crippen LogP contribution in [0.1, 0.15) is 109 Å². The monoisotopic (exact) mass is 637 g/mol. The average molecular weight is 638 g/mol. The van der Waals surface area contributed by atoms with Gasteiger partial charge in [0.2, 0.25) is 0 Å². The van der Waals surface area contributed by atoms with E-state index in [-0.39, 0.29) is 18.8 Å². The van der Waals surface area contributed by atoms with Crippen molar-refractivity contribution in [1.29, 1.82) is 0 Å². The van der Waals surface area contributed by atoms with Crippen molar-refractivity contribution in [3.63, 3.8) is 0 Å². The Hall–Kier alpha value is -3.55. The van der Waals surface area contributed by atoms with E-state index in [0.29, 0.717) is 31.1 Å². The number of rotatable bonds is 16.